The SMILES string of the molecule is CNCCc1ccc(S(=O)(=O)NN2CCN(C)CC2)cc1. The molecule has 0 spiro atoms. The van der Waals surface area contributed by atoms with E-state index in [1.54, 1.807) is 17.1 Å². The third-order valence-corrected chi connectivity index (χ3v) is 5.04. The molecule has 1 heterocycles. The topological polar surface area (TPSA) is 64.7 Å². The second kappa shape index (κ2) is 7.33. The second-order valence-corrected chi connectivity index (χ2v) is 7.04. The molecule has 1 aromatic carbocycles. The summed E-state index contributed by atoms with van der Waals surface area (Å²) in [6, 6.07) is 7.08. The van der Waals surface area contributed by atoms with Gasteiger partial charge in [0.1, 0.15) is 0 Å². The molecule has 6 nitrogen and oxygen atoms in total. The average Bonchev–Trinajstić information content (AvgIpc) is 2.48. The fraction of sp³-hybridized carbons (Fsp3) is 0.571. The highest BCUT2D eigenvalue weighted by Gasteiger charge is 2.21. The number of hydrogen-bond acceptors (Lipinski definition) is 5. The van der Waals surface area contributed by atoms with Gasteiger partial charge in [0.15, 0.2) is 0 Å². The van der Waals surface area contributed by atoms with Crippen molar-refractivity contribution in [2.75, 3.05) is 46.8 Å². The van der Waals surface area contributed by atoms with Crippen LogP contribution in [-0.4, -0.2) is 65.1 Å². The Morgan fingerprint density at radius 1 is 1.10 bits per heavy atom. The maximum atomic E-state index is 12.3. The zero-order valence-electron chi connectivity index (χ0n) is 12.7. The second-order valence-electron chi connectivity index (χ2n) is 5.38. The van der Waals surface area contributed by atoms with Crippen molar-refractivity contribution < 1.29 is 8.42 Å². The number of hydrazine groups is 1. The Kier molecular flexibility index (Phi) is 5.72. The average molecular weight is 312 g/mol. The lowest BCUT2D eigenvalue weighted by Gasteiger charge is -2.32. The first kappa shape index (κ1) is 16.4. The largest absolute Gasteiger partial charge is 0.319 e. The van der Waals surface area contributed by atoms with E-state index in [0.717, 1.165) is 31.6 Å². The number of likely N-dealkylation sites (N-methyl/N-ethyl adjacent to an activating group) is 2. The molecular formula is C14H24N4O2S. The minimum Gasteiger partial charge on any atom is -0.319 e. The molecule has 0 aromatic heterocycles. The Morgan fingerprint density at radius 2 is 1.71 bits per heavy atom. The molecule has 2 rings (SSSR count). The van der Waals surface area contributed by atoms with Crippen molar-refractivity contribution >= 4 is 10.0 Å². The van der Waals surface area contributed by atoms with Gasteiger partial charge in [-0.3, -0.25) is 0 Å². The third-order valence-electron chi connectivity index (χ3n) is 3.65. The van der Waals surface area contributed by atoms with Crippen LogP contribution in [0.4, 0.5) is 0 Å². The quantitative estimate of drug-likeness (QED) is 0.767. The smallest absolute Gasteiger partial charge is 0.253 e. The number of piperazine rings is 1. The van der Waals surface area contributed by atoms with Gasteiger partial charge < -0.3 is 10.2 Å². The van der Waals surface area contributed by atoms with Gasteiger partial charge in [-0.05, 0) is 44.8 Å². The fourth-order valence-corrected chi connectivity index (χ4v) is 3.35. The van der Waals surface area contributed by atoms with Crippen molar-refractivity contribution in [1.82, 2.24) is 20.1 Å². The summed E-state index contributed by atoms with van der Waals surface area (Å²) in [5.41, 5.74) is 1.13. The van der Waals surface area contributed by atoms with Gasteiger partial charge in [-0.25, -0.2) is 13.4 Å². The van der Waals surface area contributed by atoms with Gasteiger partial charge in [0.05, 0.1) is 4.90 Å². The highest BCUT2D eigenvalue weighted by Crippen LogP contribution is 2.12. The molecule has 1 aliphatic rings. The van der Waals surface area contributed by atoms with Crippen LogP contribution in [0.1, 0.15) is 5.56 Å². The molecule has 21 heavy (non-hydrogen) atoms. The lowest BCUT2D eigenvalue weighted by atomic mass is 10.1. The van der Waals surface area contributed by atoms with E-state index in [0.29, 0.717) is 18.0 Å². The van der Waals surface area contributed by atoms with Gasteiger partial charge in [0, 0.05) is 26.2 Å². The molecule has 1 aliphatic heterocycles. The molecule has 0 radical (unpaired) electrons. The Labute approximate surface area is 127 Å². The predicted molar refractivity (Wildman–Crippen MR) is 83.5 cm³/mol. The minimum atomic E-state index is -3.47. The van der Waals surface area contributed by atoms with Crippen LogP contribution in [0.15, 0.2) is 29.2 Å². The molecule has 1 fully saturated rings. The highest BCUT2D eigenvalue weighted by molar-refractivity contribution is 7.89. The van der Waals surface area contributed by atoms with Gasteiger partial charge in [-0.15, -0.1) is 4.83 Å². The van der Waals surface area contributed by atoms with Gasteiger partial charge in [0.2, 0.25) is 0 Å². The Hall–Kier alpha value is -0.990. The standard InChI is InChI=1S/C14H24N4O2S/c1-15-8-7-13-3-5-14(6-4-13)21(19,20)16-18-11-9-17(2)10-12-18/h3-6,15-16H,7-12H2,1-2H3. The summed E-state index contributed by atoms with van der Waals surface area (Å²) in [5.74, 6) is 0. The number of nitrogens with one attached hydrogen (secondary N) is 2. The molecule has 1 aromatic rings. The number of sulfonamides is 1. The van der Waals surface area contributed by atoms with Crippen LogP contribution < -0.4 is 10.1 Å². The lowest BCUT2D eigenvalue weighted by Crippen LogP contribution is -2.52. The number of nitrogens with zero attached hydrogens (tertiary/aromatic N) is 2. The van der Waals surface area contributed by atoms with Crippen molar-refractivity contribution in [2.24, 2.45) is 0 Å². The summed E-state index contributed by atoms with van der Waals surface area (Å²) in [5, 5.41) is 4.85. The lowest BCUT2D eigenvalue weighted by molar-refractivity contribution is 0.135. The first-order valence-corrected chi connectivity index (χ1v) is 8.69. The van der Waals surface area contributed by atoms with E-state index in [2.05, 4.69) is 15.0 Å². The van der Waals surface area contributed by atoms with E-state index in [1.807, 2.05) is 26.2 Å². The van der Waals surface area contributed by atoms with E-state index >= 15 is 0 Å². The predicted octanol–water partition coefficient (Wildman–Crippen LogP) is -0.111. The zero-order chi connectivity index (χ0) is 15.3. The summed E-state index contributed by atoms with van der Waals surface area (Å²) in [7, 11) is 0.466. The van der Waals surface area contributed by atoms with Crippen LogP contribution in [0, 0.1) is 0 Å². The summed E-state index contributed by atoms with van der Waals surface area (Å²) in [4.78, 5) is 5.16. The normalized spacial score (nSPS) is 18.0. The molecule has 0 amide bonds. The van der Waals surface area contributed by atoms with Crippen LogP contribution in [0.5, 0.6) is 0 Å². The van der Waals surface area contributed by atoms with Crippen molar-refractivity contribution in [2.45, 2.75) is 11.3 Å². The fourth-order valence-electron chi connectivity index (χ4n) is 2.23. The molecule has 118 valence electrons. The van der Waals surface area contributed by atoms with E-state index in [9.17, 15) is 8.42 Å². The van der Waals surface area contributed by atoms with Gasteiger partial charge in [-0.1, -0.05) is 12.1 Å². The van der Waals surface area contributed by atoms with E-state index in [-0.39, 0.29) is 0 Å². The van der Waals surface area contributed by atoms with Gasteiger partial charge in [-0.2, -0.15) is 0 Å². The van der Waals surface area contributed by atoms with Crippen LogP contribution in [0.25, 0.3) is 0 Å². The van der Waals surface area contributed by atoms with E-state index in [4.69, 9.17) is 0 Å². The molecule has 7 heteroatoms. The molecule has 2 N–H and O–H groups in total. The third kappa shape index (κ3) is 4.76. The van der Waals surface area contributed by atoms with Crippen LogP contribution in [0.3, 0.4) is 0 Å². The monoisotopic (exact) mass is 312 g/mol. The maximum absolute atomic E-state index is 12.3. The molecule has 0 saturated carbocycles. The summed E-state index contributed by atoms with van der Waals surface area (Å²) in [6.45, 7) is 4.02. The van der Waals surface area contributed by atoms with Crippen molar-refractivity contribution in [3.63, 3.8) is 0 Å². The molecule has 0 aliphatic carbocycles. The van der Waals surface area contributed by atoms with Crippen LogP contribution in [-0.2, 0) is 16.4 Å². The van der Waals surface area contributed by atoms with E-state index < -0.39 is 10.0 Å². The first-order valence-electron chi connectivity index (χ1n) is 7.21. The maximum Gasteiger partial charge on any atom is 0.253 e. The molecular weight excluding hydrogens is 288 g/mol. The van der Waals surface area contributed by atoms with Crippen LogP contribution in [0.2, 0.25) is 0 Å². The number of benzene rings is 1. The van der Waals surface area contributed by atoms with Crippen molar-refractivity contribution in [3.8, 4) is 0 Å². The minimum absolute atomic E-state index is 0.314. The van der Waals surface area contributed by atoms with Crippen LogP contribution >= 0.6 is 0 Å². The zero-order valence-corrected chi connectivity index (χ0v) is 13.5. The highest BCUT2D eigenvalue weighted by atomic mass is 32.2. The van der Waals surface area contributed by atoms with E-state index in [1.165, 1.54) is 0 Å². The summed E-state index contributed by atoms with van der Waals surface area (Å²) in [6.07, 6.45) is 0.892. The van der Waals surface area contributed by atoms with Crippen molar-refractivity contribution in [1.29, 1.82) is 0 Å². The Balaban J connectivity index is 1.98. The molecule has 0 atom stereocenters. The Bertz CT molecular complexity index is 537. The van der Waals surface area contributed by atoms with Gasteiger partial charge >= 0.3 is 0 Å². The molecule has 0 unspecified atom stereocenters. The summed E-state index contributed by atoms with van der Waals surface area (Å²) < 4.78 is 24.7. The van der Waals surface area contributed by atoms with Crippen molar-refractivity contribution in [3.05, 3.63) is 29.8 Å². The Morgan fingerprint density at radius 3 is 2.29 bits per heavy atom. The first-order chi connectivity index (χ1) is 10.0. The molecule has 1 saturated heterocycles. The molecule has 0 bridgehead atoms. The summed E-state index contributed by atoms with van der Waals surface area (Å²) >= 11 is 0. The van der Waals surface area contributed by atoms with Gasteiger partial charge in [0.25, 0.3) is 10.0 Å². The number of rotatable bonds is 6. The number of hydrogen-bond donors (Lipinski definition) is 2.